The molecule has 0 radical (unpaired) electrons. The predicted molar refractivity (Wildman–Crippen MR) is 210 cm³/mol. The molecule has 306 valence electrons. The van der Waals surface area contributed by atoms with Crippen LogP contribution in [0.4, 0.5) is 0 Å². The maximum absolute atomic E-state index is 14.6. The molecule has 0 aliphatic carbocycles. The number of ether oxygens (including phenoxy) is 2. The normalized spacial score (nSPS) is 18.0. The van der Waals surface area contributed by atoms with Crippen LogP contribution < -0.4 is 10.6 Å². The van der Waals surface area contributed by atoms with Crippen molar-refractivity contribution in [3.8, 4) is 5.75 Å². The Balaban J connectivity index is 1.90. The molecule has 1 aromatic heterocycles. The number of methoxy groups -OCH3 is 1. The Morgan fingerprint density at radius 2 is 1.75 bits per heavy atom. The van der Waals surface area contributed by atoms with E-state index in [0.29, 0.717) is 17.8 Å². The average Bonchev–Trinajstić information content (AvgIpc) is 3.64. The van der Waals surface area contributed by atoms with E-state index in [1.165, 1.54) is 19.1 Å². The van der Waals surface area contributed by atoms with Crippen LogP contribution in [0.1, 0.15) is 107 Å². The minimum absolute atomic E-state index is 0.0801. The fourth-order valence-corrected chi connectivity index (χ4v) is 7.80. The topological polar surface area (TPSA) is 188 Å². The molecule has 1 fully saturated rings. The summed E-state index contributed by atoms with van der Waals surface area (Å²) in [6.45, 7) is 12.0. The number of aromatic nitrogens is 1. The number of benzene rings is 1. The van der Waals surface area contributed by atoms with Crippen molar-refractivity contribution in [1.29, 1.82) is 0 Å². The number of carbonyl (C=O) groups is 5. The molecule has 14 nitrogen and oxygen atoms in total. The maximum Gasteiger partial charge on any atom is 0.306 e. The number of amides is 3. The van der Waals surface area contributed by atoms with Gasteiger partial charge in [-0.15, -0.1) is 11.3 Å². The summed E-state index contributed by atoms with van der Waals surface area (Å²) in [5, 5.41) is 27.2. The Labute approximate surface area is 329 Å². The van der Waals surface area contributed by atoms with Gasteiger partial charge in [-0.1, -0.05) is 59.6 Å². The van der Waals surface area contributed by atoms with Crippen molar-refractivity contribution >= 4 is 41.0 Å². The molecule has 7 atom stereocenters. The number of phenols is 1. The number of hydrogen-bond acceptors (Lipinski definition) is 11. The Bertz CT molecular complexity index is 1570. The number of thiazole rings is 1. The average molecular weight is 788 g/mol. The minimum Gasteiger partial charge on any atom is -0.508 e. The first kappa shape index (κ1) is 45.3. The van der Waals surface area contributed by atoms with Crippen molar-refractivity contribution in [1.82, 2.24) is 25.4 Å². The van der Waals surface area contributed by atoms with E-state index in [1.54, 1.807) is 36.4 Å². The van der Waals surface area contributed by atoms with E-state index in [-0.39, 0.29) is 67.1 Å². The molecule has 55 heavy (non-hydrogen) atoms. The number of nitrogens with zero attached hydrogens (tertiary/aromatic N) is 3. The van der Waals surface area contributed by atoms with Gasteiger partial charge in [0.2, 0.25) is 11.8 Å². The number of carboxylic acid groups (broad SMARTS) is 1. The van der Waals surface area contributed by atoms with E-state index < -0.39 is 48.0 Å². The Morgan fingerprint density at radius 1 is 1.05 bits per heavy atom. The minimum atomic E-state index is -0.988. The fraction of sp³-hybridized carbons (Fsp3) is 0.650. The number of likely N-dealkylation sites (N-methyl/N-ethyl adjacent to an activating group) is 1. The van der Waals surface area contributed by atoms with Gasteiger partial charge in [-0.3, -0.25) is 28.9 Å². The Kier molecular flexibility index (Phi) is 18.0. The SMILES string of the molecule is CCC(C)C(NC(=O)C1CCCCN1C)C(=O)N(CCOC)[C@H](C[C@@H](OC(C)=O)c1nc(C(=O)N[C@@H](Cc2ccc(O)cc2)C[C@H](C)C(=O)O)cs1)C(C)C. The fourth-order valence-electron chi connectivity index (χ4n) is 6.96. The summed E-state index contributed by atoms with van der Waals surface area (Å²) >= 11 is 1.15. The second-order valence-corrected chi connectivity index (χ2v) is 16.0. The van der Waals surface area contributed by atoms with Gasteiger partial charge in [-0.05, 0) is 68.8 Å². The summed E-state index contributed by atoms with van der Waals surface area (Å²) < 4.78 is 11.3. The van der Waals surface area contributed by atoms with Crippen molar-refractivity contribution in [3.63, 3.8) is 0 Å². The summed E-state index contributed by atoms with van der Waals surface area (Å²) in [5.41, 5.74) is 0.884. The van der Waals surface area contributed by atoms with Crippen molar-refractivity contribution in [3.05, 3.63) is 45.9 Å². The molecule has 0 spiro atoms. The maximum atomic E-state index is 14.6. The van der Waals surface area contributed by atoms with Crippen LogP contribution in [0, 0.1) is 17.8 Å². The molecule has 3 unspecified atom stereocenters. The molecule has 3 rings (SSSR count). The highest BCUT2D eigenvalue weighted by molar-refractivity contribution is 7.09. The van der Waals surface area contributed by atoms with E-state index in [9.17, 15) is 34.2 Å². The van der Waals surface area contributed by atoms with Gasteiger partial charge in [0.05, 0.1) is 18.6 Å². The number of nitrogens with one attached hydrogen (secondary N) is 2. The van der Waals surface area contributed by atoms with Gasteiger partial charge < -0.3 is 35.2 Å². The van der Waals surface area contributed by atoms with Gasteiger partial charge >= 0.3 is 11.9 Å². The molecule has 1 aliphatic rings. The lowest BCUT2D eigenvalue weighted by Crippen LogP contribution is -2.59. The third-order valence-corrected chi connectivity index (χ3v) is 11.4. The highest BCUT2D eigenvalue weighted by Gasteiger charge is 2.39. The van der Waals surface area contributed by atoms with Crippen LogP contribution in [0.25, 0.3) is 0 Å². The first-order valence-corrected chi connectivity index (χ1v) is 20.2. The molecule has 1 saturated heterocycles. The standard InChI is InChI=1S/C40H61N5O9S/c1-9-25(4)35(43-37(49)32-12-10-11-17-44(32)7)39(50)45(18-19-53-8)33(24(2)3)22-34(54-27(6)46)38-42-31(23-55-38)36(48)41-29(20-26(5)40(51)52)21-28-13-15-30(47)16-14-28/h13-16,23-26,29,32-35,47H,9-12,17-22H2,1-8H3,(H,41,48)(H,43,49)(H,51,52)/t25?,26-,29+,32?,33+,34+,35?/m0/s1. The highest BCUT2D eigenvalue weighted by Crippen LogP contribution is 2.32. The molecular weight excluding hydrogens is 727 g/mol. The molecule has 4 N–H and O–H groups in total. The van der Waals surface area contributed by atoms with Gasteiger partial charge in [0.1, 0.15) is 22.5 Å². The third kappa shape index (κ3) is 13.6. The van der Waals surface area contributed by atoms with Gasteiger partial charge in [0.25, 0.3) is 5.91 Å². The molecule has 3 amide bonds. The summed E-state index contributed by atoms with van der Waals surface area (Å²) in [4.78, 5) is 74.3. The van der Waals surface area contributed by atoms with Gasteiger partial charge in [-0.2, -0.15) is 0 Å². The molecule has 2 heterocycles. The number of carbonyl (C=O) groups excluding carboxylic acids is 4. The zero-order chi connectivity index (χ0) is 40.8. The lowest BCUT2D eigenvalue weighted by molar-refractivity contribution is -0.150. The van der Waals surface area contributed by atoms with Crippen molar-refractivity contribution < 1.29 is 43.7 Å². The number of piperidine rings is 1. The lowest BCUT2D eigenvalue weighted by Gasteiger charge is -2.40. The highest BCUT2D eigenvalue weighted by atomic mass is 32.1. The molecule has 15 heteroatoms. The van der Waals surface area contributed by atoms with Crippen LogP contribution in [0.2, 0.25) is 0 Å². The number of hydrogen-bond donors (Lipinski definition) is 4. The molecule has 1 aromatic carbocycles. The zero-order valence-electron chi connectivity index (χ0n) is 33.6. The lowest BCUT2D eigenvalue weighted by atomic mass is 9.92. The first-order valence-electron chi connectivity index (χ1n) is 19.3. The van der Waals surface area contributed by atoms with Crippen LogP contribution in [0.15, 0.2) is 29.6 Å². The second-order valence-electron chi connectivity index (χ2n) is 15.1. The molecule has 0 saturated carbocycles. The smallest absolute Gasteiger partial charge is 0.306 e. The van der Waals surface area contributed by atoms with Gasteiger partial charge in [-0.25, -0.2) is 4.98 Å². The summed E-state index contributed by atoms with van der Waals surface area (Å²) in [5.74, 6) is -3.38. The molecule has 0 bridgehead atoms. The van der Waals surface area contributed by atoms with E-state index in [0.717, 1.165) is 42.7 Å². The van der Waals surface area contributed by atoms with Crippen molar-refractivity contribution in [2.45, 2.75) is 117 Å². The third-order valence-electron chi connectivity index (χ3n) is 10.4. The van der Waals surface area contributed by atoms with Crippen LogP contribution in [0.5, 0.6) is 5.75 Å². The van der Waals surface area contributed by atoms with Gasteiger partial charge in [0, 0.05) is 44.5 Å². The number of phenolic OH excluding ortho intramolecular Hbond substituents is 1. The Morgan fingerprint density at radius 3 is 2.33 bits per heavy atom. The molecule has 2 aromatic rings. The first-order chi connectivity index (χ1) is 26.1. The summed E-state index contributed by atoms with van der Waals surface area (Å²) in [6, 6.07) is 4.36. The zero-order valence-corrected chi connectivity index (χ0v) is 34.4. The second kappa shape index (κ2) is 21.9. The summed E-state index contributed by atoms with van der Waals surface area (Å²) in [7, 11) is 3.49. The monoisotopic (exact) mass is 787 g/mol. The van der Waals surface area contributed by atoms with Crippen LogP contribution >= 0.6 is 11.3 Å². The van der Waals surface area contributed by atoms with Crippen molar-refractivity contribution in [2.75, 3.05) is 33.9 Å². The van der Waals surface area contributed by atoms with E-state index >= 15 is 0 Å². The van der Waals surface area contributed by atoms with E-state index in [4.69, 9.17) is 9.47 Å². The van der Waals surface area contributed by atoms with E-state index in [1.807, 2.05) is 39.6 Å². The number of esters is 1. The quantitative estimate of drug-likeness (QED) is 0.127. The van der Waals surface area contributed by atoms with Crippen LogP contribution in [-0.4, -0.2) is 113 Å². The Hall–Kier alpha value is -4.08. The number of aliphatic carboxylic acids is 1. The predicted octanol–water partition coefficient (Wildman–Crippen LogP) is 4.81. The van der Waals surface area contributed by atoms with Crippen LogP contribution in [-0.2, 0) is 35.1 Å². The van der Waals surface area contributed by atoms with Crippen LogP contribution in [0.3, 0.4) is 0 Å². The number of aromatic hydroxyl groups is 1. The van der Waals surface area contributed by atoms with E-state index in [2.05, 4.69) is 15.6 Å². The number of likely N-dealkylation sites (tertiary alicyclic amines) is 1. The number of carboxylic acids is 1. The summed E-state index contributed by atoms with van der Waals surface area (Å²) in [6.07, 6.45) is 3.12. The van der Waals surface area contributed by atoms with Crippen molar-refractivity contribution in [2.24, 2.45) is 17.8 Å². The number of rotatable bonds is 21. The van der Waals surface area contributed by atoms with Gasteiger partial charge in [0.15, 0.2) is 6.10 Å². The molecular formula is C40H61N5O9S. The largest absolute Gasteiger partial charge is 0.508 e. The molecule has 1 aliphatic heterocycles.